The number of nitrogens with zero attached hydrogens (tertiary/aromatic N) is 2. The predicted octanol–water partition coefficient (Wildman–Crippen LogP) is 0.240. The Labute approximate surface area is 269 Å². The van der Waals surface area contributed by atoms with Crippen LogP contribution in [0.4, 0.5) is 0 Å². The molecular formula is C33H45N7O6. The Hall–Kier alpha value is -4.81. The summed E-state index contributed by atoms with van der Waals surface area (Å²) in [5, 5.41) is 13.6. The minimum absolute atomic E-state index is 0.124. The first-order chi connectivity index (χ1) is 21.9. The van der Waals surface area contributed by atoms with Gasteiger partial charge in [0.2, 0.25) is 35.4 Å². The molecule has 13 heteroatoms. The van der Waals surface area contributed by atoms with E-state index in [4.69, 9.17) is 0 Å². The Morgan fingerprint density at radius 1 is 0.957 bits per heavy atom. The van der Waals surface area contributed by atoms with Gasteiger partial charge in [0.1, 0.15) is 24.2 Å². The molecule has 1 aromatic carbocycles. The highest BCUT2D eigenvalue weighted by Gasteiger charge is 2.32. The zero-order valence-electron chi connectivity index (χ0n) is 26.9. The Morgan fingerprint density at radius 3 is 2.35 bits per heavy atom. The van der Waals surface area contributed by atoms with Gasteiger partial charge in [-0.05, 0) is 49.3 Å². The average Bonchev–Trinajstić information content (AvgIpc) is 3.03. The second-order valence-corrected chi connectivity index (χ2v) is 11.9. The number of carbonyl (C=O) groups excluding carboxylic acids is 6. The van der Waals surface area contributed by atoms with Crippen molar-refractivity contribution in [3.05, 3.63) is 66.0 Å². The van der Waals surface area contributed by atoms with Crippen molar-refractivity contribution in [3.8, 4) is 0 Å². The maximum atomic E-state index is 13.5. The summed E-state index contributed by atoms with van der Waals surface area (Å²) in [6.45, 7) is 4.92. The highest BCUT2D eigenvalue weighted by Crippen LogP contribution is 2.09. The van der Waals surface area contributed by atoms with E-state index in [0.717, 1.165) is 11.1 Å². The van der Waals surface area contributed by atoms with E-state index in [2.05, 4.69) is 31.6 Å². The number of nitrogens with one attached hydrogen (secondary N) is 5. The van der Waals surface area contributed by atoms with Crippen molar-refractivity contribution in [2.45, 2.75) is 77.0 Å². The van der Waals surface area contributed by atoms with Crippen molar-refractivity contribution in [3.63, 3.8) is 0 Å². The van der Waals surface area contributed by atoms with Gasteiger partial charge in [-0.1, -0.05) is 50.2 Å². The molecule has 2 heterocycles. The van der Waals surface area contributed by atoms with Crippen LogP contribution < -0.4 is 26.6 Å². The number of amides is 6. The number of aromatic nitrogens is 1. The molecule has 13 nitrogen and oxygen atoms in total. The number of aryl methyl sites for hydroxylation is 1. The smallest absolute Gasteiger partial charge is 0.245 e. The Bertz CT molecular complexity index is 1350. The molecule has 1 saturated heterocycles. The highest BCUT2D eigenvalue weighted by atomic mass is 16.2. The van der Waals surface area contributed by atoms with Gasteiger partial charge in [0.15, 0.2) is 0 Å². The monoisotopic (exact) mass is 635 g/mol. The number of benzene rings is 1. The summed E-state index contributed by atoms with van der Waals surface area (Å²) in [5.41, 5.74) is 1.68. The standard InChI is InChI=1S/C33H45N7O6/c1-21(2)29-32(45)36-22(3)30(43)38-26(18-23-10-6-5-7-11-23)33(46)40(4)20-28(42)35-17-9-13-25(31(44)39-29)37-27(41)15-14-24-12-8-16-34-19-24/h5-8,10-12,16,19,21-22,25-26,29H,9,13-15,17-18,20H2,1-4H3,(H,35,42)(H,36,45)(H,37,41)(H,38,43)(H,39,44)/t22-,25+,26+,29-/m1/s1. The molecule has 4 atom stereocenters. The molecule has 0 spiro atoms. The van der Waals surface area contributed by atoms with Crippen LogP contribution in [0.25, 0.3) is 0 Å². The van der Waals surface area contributed by atoms with Crippen molar-refractivity contribution >= 4 is 35.4 Å². The third kappa shape index (κ3) is 11.3. The quantitative estimate of drug-likeness (QED) is 0.289. The molecule has 1 aromatic heterocycles. The molecule has 2 aromatic rings. The van der Waals surface area contributed by atoms with Crippen LogP contribution in [0.15, 0.2) is 54.9 Å². The summed E-state index contributed by atoms with van der Waals surface area (Å²) in [7, 11) is 1.48. The summed E-state index contributed by atoms with van der Waals surface area (Å²) in [5.74, 6) is -3.32. The largest absolute Gasteiger partial charge is 0.355 e. The molecule has 5 N–H and O–H groups in total. The Morgan fingerprint density at radius 2 is 1.67 bits per heavy atom. The van der Waals surface area contributed by atoms with Crippen LogP contribution in [0.5, 0.6) is 0 Å². The fraction of sp³-hybridized carbons (Fsp3) is 0.485. The maximum Gasteiger partial charge on any atom is 0.245 e. The number of likely N-dealkylation sites (N-methyl/N-ethyl adjacent to an activating group) is 1. The molecule has 6 amide bonds. The topological polar surface area (TPSA) is 179 Å². The van der Waals surface area contributed by atoms with Gasteiger partial charge in [-0.3, -0.25) is 33.8 Å². The van der Waals surface area contributed by atoms with Gasteiger partial charge < -0.3 is 31.5 Å². The fourth-order valence-electron chi connectivity index (χ4n) is 4.99. The van der Waals surface area contributed by atoms with Gasteiger partial charge in [-0.2, -0.15) is 0 Å². The minimum Gasteiger partial charge on any atom is -0.355 e. The molecule has 0 unspecified atom stereocenters. The first-order valence-corrected chi connectivity index (χ1v) is 15.6. The summed E-state index contributed by atoms with van der Waals surface area (Å²) >= 11 is 0. The zero-order valence-corrected chi connectivity index (χ0v) is 26.9. The molecule has 1 fully saturated rings. The van der Waals surface area contributed by atoms with Crippen molar-refractivity contribution < 1.29 is 28.8 Å². The van der Waals surface area contributed by atoms with Gasteiger partial charge >= 0.3 is 0 Å². The van der Waals surface area contributed by atoms with Crippen LogP contribution >= 0.6 is 0 Å². The van der Waals surface area contributed by atoms with Crippen LogP contribution in [0, 0.1) is 5.92 Å². The van der Waals surface area contributed by atoms with Gasteiger partial charge in [-0.15, -0.1) is 0 Å². The van der Waals surface area contributed by atoms with Crippen molar-refractivity contribution in [2.75, 3.05) is 20.1 Å². The van der Waals surface area contributed by atoms with E-state index in [0.29, 0.717) is 12.8 Å². The summed E-state index contributed by atoms with van der Waals surface area (Å²) in [6, 6.07) is 8.74. The lowest BCUT2D eigenvalue weighted by atomic mass is 10.0. The van der Waals surface area contributed by atoms with E-state index < -0.39 is 53.7 Å². The molecule has 0 aliphatic carbocycles. The molecule has 0 saturated carbocycles. The lowest BCUT2D eigenvalue weighted by Crippen LogP contribution is -2.59. The van der Waals surface area contributed by atoms with Gasteiger partial charge in [-0.25, -0.2) is 0 Å². The molecule has 1 aliphatic heterocycles. The van der Waals surface area contributed by atoms with Gasteiger partial charge in [0, 0.05) is 38.8 Å². The predicted molar refractivity (Wildman–Crippen MR) is 171 cm³/mol. The van der Waals surface area contributed by atoms with Crippen molar-refractivity contribution in [1.29, 1.82) is 0 Å². The third-order valence-electron chi connectivity index (χ3n) is 7.66. The lowest BCUT2D eigenvalue weighted by molar-refractivity contribution is -0.139. The van der Waals surface area contributed by atoms with Crippen LogP contribution in [0.3, 0.4) is 0 Å². The normalized spacial score (nSPS) is 22.5. The molecule has 248 valence electrons. The fourth-order valence-corrected chi connectivity index (χ4v) is 4.99. The van der Waals surface area contributed by atoms with E-state index in [9.17, 15) is 28.8 Å². The van der Waals surface area contributed by atoms with E-state index in [1.807, 2.05) is 36.4 Å². The third-order valence-corrected chi connectivity index (χ3v) is 7.66. The Balaban J connectivity index is 1.79. The maximum absolute atomic E-state index is 13.5. The zero-order chi connectivity index (χ0) is 33.6. The van der Waals surface area contributed by atoms with E-state index in [1.54, 1.807) is 32.3 Å². The van der Waals surface area contributed by atoms with Crippen molar-refractivity contribution in [1.82, 2.24) is 36.5 Å². The minimum atomic E-state index is -1.05. The van der Waals surface area contributed by atoms with Crippen LogP contribution in [-0.4, -0.2) is 89.6 Å². The molecule has 3 rings (SSSR count). The summed E-state index contributed by atoms with van der Waals surface area (Å²) in [6.07, 6.45) is 4.56. The highest BCUT2D eigenvalue weighted by molar-refractivity contribution is 5.96. The first-order valence-electron chi connectivity index (χ1n) is 15.6. The summed E-state index contributed by atoms with van der Waals surface area (Å²) < 4.78 is 0. The van der Waals surface area contributed by atoms with E-state index in [1.165, 1.54) is 18.9 Å². The van der Waals surface area contributed by atoms with Crippen LogP contribution in [0.1, 0.15) is 51.2 Å². The number of hydrogen-bond donors (Lipinski definition) is 5. The molecular weight excluding hydrogens is 590 g/mol. The second kappa shape index (κ2) is 17.6. The van der Waals surface area contributed by atoms with Crippen LogP contribution in [-0.2, 0) is 41.6 Å². The van der Waals surface area contributed by atoms with Gasteiger partial charge in [0.25, 0.3) is 0 Å². The number of rotatable bonds is 7. The molecule has 46 heavy (non-hydrogen) atoms. The number of carbonyl (C=O) groups is 6. The lowest BCUT2D eigenvalue weighted by Gasteiger charge is -2.28. The molecule has 0 bridgehead atoms. The van der Waals surface area contributed by atoms with Crippen LogP contribution in [0.2, 0.25) is 0 Å². The molecule has 0 radical (unpaired) electrons. The number of hydrogen-bond acceptors (Lipinski definition) is 7. The number of pyridine rings is 1. The summed E-state index contributed by atoms with van der Waals surface area (Å²) in [4.78, 5) is 84.3. The first kappa shape index (κ1) is 35.7. The van der Waals surface area contributed by atoms with E-state index >= 15 is 0 Å². The SMILES string of the molecule is CC(C)[C@H]1NC(=O)[C@@H](NC(=O)CCc2cccnc2)CCCNC(=O)CN(C)C(=O)[C@H](Cc2ccccc2)NC(=O)[C@@H](C)NC1=O. The Kier molecular flexibility index (Phi) is 13.7. The van der Waals surface area contributed by atoms with Crippen molar-refractivity contribution in [2.24, 2.45) is 5.92 Å². The molecule has 1 aliphatic rings. The average molecular weight is 636 g/mol. The van der Waals surface area contributed by atoms with E-state index in [-0.39, 0.29) is 44.2 Å². The second-order valence-electron chi connectivity index (χ2n) is 11.9. The van der Waals surface area contributed by atoms with Gasteiger partial charge in [0.05, 0.1) is 6.54 Å².